The van der Waals surface area contributed by atoms with E-state index in [0.717, 1.165) is 36.5 Å². The number of likely N-dealkylation sites (tertiary alicyclic amines) is 1. The molecular formula is C26H27N5O2S. The van der Waals surface area contributed by atoms with E-state index in [1.165, 1.54) is 16.5 Å². The molecule has 0 saturated carbocycles. The van der Waals surface area contributed by atoms with E-state index in [1.54, 1.807) is 11.3 Å². The van der Waals surface area contributed by atoms with Crippen molar-refractivity contribution in [3.05, 3.63) is 59.2 Å². The number of hydrogen-bond donors (Lipinski definition) is 0. The Morgan fingerprint density at radius 2 is 2.26 bits per heavy atom. The maximum absolute atomic E-state index is 13.1. The standard InChI is InChI=1S/C26H27N5O2S/c1-17-10-12-30(24(32)9-3-8-23-28-26(29-33-23)22-7-4-14-34-22)16-21(17)31-13-11-18-15-27-20-6-2-5-19(20)25(18)31/h2,4-5,7,11,13-15,17,21H,3,6,8-10,12,16H2,1H3/t17-,21+/m1/s1. The van der Waals surface area contributed by atoms with Crippen LogP contribution in [0.15, 0.2) is 46.6 Å². The fourth-order valence-electron chi connectivity index (χ4n) is 5.17. The third-order valence-corrected chi connectivity index (χ3v) is 7.95. The molecule has 0 aromatic carbocycles. The second kappa shape index (κ2) is 8.83. The third-order valence-electron chi connectivity index (χ3n) is 7.09. The van der Waals surface area contributed by atoms with Gasteiger partial charge in [-0.15, -0.1) is 11.3 Å². The summed E-state index contributed by atoms with van der Waals surface area (Å²) in [4.78, 5) is 25.2. The van der Waals surface area contributed by atoms with Crippen molar-refractivity contribution in [1.29, 1.82) is 0 Å². The van der Waals surface area contributed by atoms with Crippen molar-refractivity contribution in [2.75, 3.05) is 13.1 Å². The van der Waals surface area contributed by atoms with Gasteiger partial charge in [0.05, 0.1) is 22.1 Å². The average molecular weight is 474 g/mol. The molecule has 1 amide bonds. The molecular weight excluding hydrogens is 446 g/mol. The molecule has 0 spiro atoms. The van der Waals surface area contributed by atoms with Gasteiger partial charge in [0.15, 0.2) is 0 Å². The van der Waals surface area contributed by atoms with E-state index in [9.17, 15) is 4.79 Å². The van der Waals surface area contributed by atoms with Crippen molar-refractivity contribution in [2.45, 2.75) is 45.1 Å². The van der Waals surface area contributed by atoms with Gasteiger partial charge in [-0.3, -0.25) is 9.78 Å². The molecule has 2 aliphatic rings. The molecule has 0 radical (unpaired) electrons. The fraction of sp³-hybridized carbons (Fsp3) is 0.385. The molecule has 1 fully saturated rings. The minimum atomic E-state index is 0.207. The van der Waals surface area contributed by atoms with Gasteiger partial charge in [0.1, 0.15) is 0 Å². The molecule has 7 nitrogen and oxygen atoms in total. The van der Waals surface area contributed by atoms with Crippen LogP contribution >= 0.6 is 11.3 Å². The Labute approximate surface area is 202 Å². The zero-order valence-electron chi connectivity index (χ0n) is 19.2. The summed E-state index contributed by atoms with van der Waals surface area (Å²) in [6.07, 6.45) is 12.3. The van der Waals surface area contributed by atoms with Crippen LogP contribution in [0.2, 0.25) is 0 Å². The molecule has 0 bridgehead atoms. The van der Waals surface area contributed by atoms with E-state index in [2.05, 4.69) is 51.0 Å². The molecule has 174 valence electrons. The number of aryl methyl sites for hydroxylation is 1. The predicted octanol–water partition coefficient (Wildman–Crippen LogP) is 5.15. The van der Waals surface area contributed by atoms with Gasteiger partial charge in [-0.2, -0.15) is 4.98 Å². The predicted molar refractivity (Wildman–Crippen MR) is 132 cm³/mol. The number of thiophene rings is 1. The lowest BCUT2D eigenvalue weighted by Crippen LogP contribution is -2.43. The number of fused-ring (bicyclic) bond motifs is 3. The first-order valence-electron chi connectivity index (χ1n) is 12.0. The highest BCUT2D eigenvalue weighted by Crippen LogP contribution is 2.35. The third kappa shape index (κ3) is 3.86. The quantitative estimate of drug-likeness (QED) is 0.387. The molecule has 6 rings (SSSR count). The normalized spacial score (nSPS) is 19.7. The van der Waals surface area contributed by atoms with Crippen LogP contribution < -0.4 is 0 Å². The Morgan fingerprint density at radius 3 is 3.15 bits per heavy atom. The van der Waals surface area contributed by atoms with Gasteiger partial charge in [-0.25, -0.2) is 0 Å². The number of allylic oxidation sites excluding steroid dienone is 1. The average Bonchev–Trinajstić information content (AvgIpc) is 3.65. The van der Waals surface area contributed by atoms with Crippen LogP contribution in [0.1, 0.15) is 49.4 Å². The molecule has 8 heteroatoms. The van der Waals surface area contributed by atoms with Gasteiger partial charge in [0, 0.05) is 55.7 Å². The maximum atomic E-state index is 13.1. The van der Waals surface area contributed by atoms with Crippen LogP contribution in [-0.4, -0.2) is 43.6 Å². The summed E-state index contributed by atoms with van der Waals surface area (Å²) in [6.45, 7) is 3.86. The summed E-state index contributed by atoms with van der Waals surface area (Å²) in [5.41, 5.74) is 3.63. The Balaban J connectivity index is 1.12. The molecule has 0 unspecified atom stereocenters. The monoisotopic (exact) mass is 473 g/mol. The van der Waals surface area contributed by atoms with Gasteiger partial charge in [-0.1, -0.05) is 30.3 Å². The summed E-state index contributed by atoms with van der Waals surface area (Å²) in [7, 11) is 0. The van der Waals surface area contributed by atoms with Crippen molar-refractivity contribution < 1.29 is 9.32 Å². The van der Waals surface area contributed by atoms with Crippen LogP contribution in [0.3, 0.4) is 0 Å². The van der Waals surface area contributed by atoms with Gasteiger partial charge in [0.2, 0.25) is 17.6 Å². The first-order valence-corrected chi connectivity index (χ1v) is 12.8. The number of nitrogens with zero attached hydrogens (tertiary/aromatic N) is 5. The van der Waals surface area contributed by atoms with Crippen molar-refractivity contribution in [2.24, 2.45) is 5.92 Å². The lowest BCUT2D eigenvalue weighted by Gasteiger charge is -2.38. The first-order chi connectivity index (χ1) is 16.7. The molecule has 4 aromatic rings. The number of pyridine rings is 1. The van der Waals surface area contributed by atoms with E-state index in [0.29, 0.717) is 36.9 Å². The maximum Gasteiger partial charge on any atom is 0.226 e. The van der Waals surface area contributed by atoms with E-state index in [-0.39, 0.29) is 11.9 Å². The van der Waals surface area contributed by atoms with Gasteiger partial charge in [-0.05, 0) is 36.3 Å². The molecule has 4 aromatic heterocycles. The van der Waals surface area contributed by atoms with Crippen molar-refractivity contribution >= 4 is 34.2 Å². The highest BCUT2D eigenvalue weighted by Gasteiger charge is 2.31. The van der Waals surface area contributed by atoms with Crippen LogP contribution in [0.25, 0.3) is 27.7 Å². The SMILES string of the molecule is C[C@@H]1CCN(C(=O)CCCc2nc(-c3cccs3)no2)C[C@@H]1n1ccc2cnc3c(c21)C=CC3. The summed E-state index contributed by atoms with van der Waals surface area (Å²) in [6, 6.07) is 6.36. The molecule has 34 heavy (non-hydrogen) atoms. The summed E-state index contributed by atoms with van der Waals surface area (Å²) >= 11 is 1.59. The molecule has 1 aliphatic heterocycles. The zero-order chi connectivity index (χ0) is 23.1. The number of piperidine rings is 1. The van der Waals surface area contributed by atoms with Gasteiger partial charge in [0.25, 0.3) is 0 Å². The Hall–Kier alpha value is -3.26. The van der Waals surface area contributed by atoms with E-state index in [1.807, 2.05) is 28.6 Å². The van der Waals surface area contributed by atoms with E-state index < -0.39 is 0 Å². The minimum Gasteiger partial charge on any atom is -0.342 e. The summed E-state index contributed by atoms with van der Waals surface area (Å²) in [5.74, 6) is 1.93. The Morgan fingerprint density at radius 1 is 1.32 bits per heavy atom. The fourth-order valence-corrected chi connectivity index (χ4v) is 5.82. The van der Waals surface area contributed by atoms with Crippen molar-refractivity contribution in [1.82, 2.24) is 24.6 Å². The van der Waals surface area contributed by atoms with Crippen molar-refractivity contribution in [3.8, 4) is 10.7 Å². The van der Waals surface area contributed by atoms with Gasteiger partial charge < -0.3 is 14.0 Å². The number of hydrogen-bond acceptors (Lipinski definition) is 6. The second-order valence-corrected chi connectivity index (χ2v) is 10.2. The number of carbonyl (C=O) groups excluding carboxylic acids is 1. The number of amides is 1. The first kappa shape index (κ1) is 21.3. The smallest absolute Gasteiger partial charge is 0.226 e. The van der Waals surface area contributed by atoms with Crippen LogP contribution in [0.5, 0.6) is 0 Å². The number of carbonyl (C=O) groups is 1. The largest absolute Gasteiger partial charge is 0.342 e. The second-order valence-electron chi connectivity index (χ2n) is 9.27. The minimum absolute atomic E-state index is 0.207. The number of aromatic nitrogens is 4. The number of rotatable bonds is 6. The zero-order valence-corrected chi connectivity index (χ0v) is 20.0. The summed E-state index contributed by atoms with van der Waals surface area (Å²) < 4.78 is 7.77. The Bertz CT molecular complexity index is 1350. The lowest BCUT2D eigenvalue weighted by molar-refractivity contribution is -0.133. The Kier molecular flexibility index (Phi) is 5.53. The van der Waals surface area contributed by atoms with Gasteiger partial charge >= 0.3 is 0 Å². The summed E-state index contributed by atoms with van der Waals surface area (Å²) in [5, 5.41) is 7.22. The van der Waals surface area contributed by atoms with Crippen molar-refractivity contribution in [3.63, 3.8) is 0 Å². The lowest BCUT2D eigenvalue weighted by atomic mass is 9.92. The molecule has 1 saturated heterocycles. The molecule has 0 N–H and O–H groups in total. The van der Waals surface area contributed by atoms with Crippen LogP contribution in [0.4, 0.5) is 0 Å². The molecule has 2 atom stereocenters. The highest BCUT2D eigenvalue weighted by atomic mass is 32.1. The van der Waals surface area contributed by atoms with Crippen LogP contribution in [-0.2, 0) is 17.6 Å². The van der Waals surface area contributed by atoms with E-state index >= 15 is 0 Å². The topological polar surface area (TPSA) is 77.0 Å². The highest BCUT2D eigenvalue weighted by molar-refractivity contribution is 7.13. The molecule has 1 aliphatic carbocycles. The van der Waals surface area contributed by atoms with E-state index in [4.69, 9.17) is 4.52 Å². The molecule has 5 heterocycles. The van der Waals surface area contributed by atoms with Crippen LogP contribution in [0, 0.1) is 5.92 Å².